The van der Waals surface area contributed by atoms with Crippen LogP contribution in [-0.2, 0) is 4.79 Å². The second-order valence-corrected chi connectivity index (χ2v) is 12.5. The van der Waals surface area contributed by atoms with Crippen molar-refractivity contribution in [3.05, 3.63) is 0 Å². The zero-order valence-electron chi connectivity index (χ0n) is 21.1. The Hall–Kier alpha value is -0.650. The Labute approximate surface area is 195 Å². The summed E-state index contributed by atoms with van der Waals surface area (Å²) in [5, 5.41) is 42.6. The van der Waals surface area contributed by atoms with Crippen molar-refractivity contribution in [1.82, 2.24) is 0 Å². The monoisotopic (exact) mass is 452 g/mol. The molecule has 3 fully saturated rings. The molecule has 186 valence electrons. The molecule has 0 radical (unpaired) electrons. The Morgan fingerprint density at radius 2 is 1.78 bits per heavy atom. The average molecular weight is 453 g/mol. The molecule has 0 saturated heterocycles. The first kappa shape index (κ1) is 26.0. The normalized spacial score (nSPS) is 46.7. The summed E-state index contributed by atoms with van der Waals surface area (Å²) in [7, 11) is 0. The fourth-order valence-electron chi connectivity index (χ4n) is 8.61. The van der Waals surface area contributed by atoms with E-state index < -0.39 is 12.1 Å². The molecule has 3 rings (SSSR count). The van der Waals surface area contributed by atoms with E-state index in [1.165, 1.54) is 0 Å². The maximum atomic E-state index is 11.6. The number of carboxylic acid groups (broad SMARTS) is 1. The van der Waals surface area contributed by atoms with Crippen molar-refractivity contribution in [3.8, 4) is 0 Å². The van der Waals surface area contributed by atoms with E-state index >= 15 is 0 Å². The van der Waals surface area contributed by atoms with Crippen LogP contribution in [0.15, 0.2) is 0 Å². The van der Waals surface area contributed by atoms with Crippen molar-refractivity contribution in [2.24, 2.45) is 52.3 Å². The molecule has 0 heterocycles. The summed E-state index contributed by atoms with van der Waals surface area (Å²) in [6.45, 7) is 12.7. The minimum atomic E-state index is -0.748. The number of carbonyl (C=O) groups is 1. The average Bonchev–Trinajstić information content (AvgIpc) is 3.09. The summed E-state index contributed by atoms with van der Waals surface area (Å²) >= 11 is 0. The molecule has 0 bridgehead atoms. The number of carboxylic acids is 1. The van der Waals surface area contributed by atoms with Crippen molar-refractivity contribution in [3.63, 3.8) is 0 Å². The predicted molar refractivity (Wildman–Crippen MR) is 126 cm³/mol. The number of aliphatic hydroxyl groups excluding tert-OH is 3. The van der Waals surface area contributed by atoms with Gasteiger partial charge in [-0.3, -0.25) is 4.79 Å². The van der Waals surface area contributed by atoms with E-state index in [1.807, 2.05) is 6.92 Å². The second kappa shape index (κ2) is 9.54. The van der Waals surface area contributed by atoms with Gasteiger partial charge in [0.1, 0.15) is 0 Å². The van der Waals surface area contributed by atoms with Gasteiger partial charge in [0.15, 0.2) is 0 Å². The molecular weight excluding hydrogens is 404 g/mol. The Balaban J connectivity index is 1.88. The van der Waals surface area contributed by atoms with Crippen LogP contribution in [0.5, 0.6) is 0 Å². The Morgan fingerprint density at radius 1 is 1.12 bits per heavy atom. The van der Waals surface area contributed by atoms with E-state index in [0.717, 1.165) is 38.5 Å². The third-order valence-electron chi connectivity index (χ3n) is 10.5. The summed E-state index contributed by atoms with van der Waals surface area (Å²) in [4.78, 5) is 11.4. The van der Waals surface area contributed by atoms with E-state index in [1.54, 1.807) is 6.92 Å². The lowest BCUT2D eigenvalue weighted by Gasteiger charge is -2.61. The fraction of sp³-hybridized carbons (Fsp3) is 0.963. The highest BCUT2D eigenvalue weighted by atomic mass is 16.4. The van der Waals surface area contributed by atoms with Gasteiger partial charge in [-0.2, -0.15) is 0 Å². The smallest absolute Gasteiger partial charge is 0.306 e. The van der Waals surface area contributed by atoms with Crippen LogP contribution < -0.4 is 0 Å². The highest BCUT2D eigenvalue weighted by Gasteiger charge is 2.64. The number of aliphatic carboxylic acids is 1. The van der Waals surface area contributed by atoms with Gasteiger partial charge in [-0.15, -0.1) is 0 Å². The predicted octanol–water partition coefficient (Wildman–Crippen LogP) is 4.72. The van der Waals surface area contributed by atoms with E-state index in [9.17, 15) is 25.2 Å². The van der Waals surface area contributed by atoms with E-state index in [2.05, 4.69) is 27.7 Å². The minimum absolute atomic E-state index is 0.0172. The number of hydrogen-bond donors (Lipinski definition) is 4. The van der Waals surface area contributed by atoms with Crippen molar-refractivity contribution < 1.29 is 25.2 Å². The number of hydrogen-bond acceptors (Lipinski definition) is 4. The summed E-state index contributed by atoms with van der Waals surface area (Å²) in [6, 6.07) is 0. The highest BCUT2D eigenvalue weighted by molar-refractivity contribution is 5.69. The Morgan fingerprint density at radius 3 is 2.38 bits per heavy atom. The van der Waals surface area contributed by atoms with Gasteiger partial charge in [-0.05, 0) is 97.7 Å². The van der Waals surface area contributed by atoms with Gasteiger partial charge in [0.05, 0.1) is 24.2 Å². The third kappa shape index (κ3) is 4.38. The molecule has 5 nitrogen and oxygen atoms in total. The molecule has 5 heteroatoms. The van der Waals surface area contributed by atoms with Gasteiger partial charge in [0, 0.05) is 0 Å². The molecule has 0 aromatic carbocycles. The number of aliphatic hydroxyl groups is 3. The first-order chi connectivity index (χ1) is 14.9. The topological polar surface area (TPSA) is 98.0 Å². The number of rotatable bonds is 8. The fourth-order valence-corrected chi connectivity index (χ4v) is 8.61. The van der Waals surface area contributed by atoms with Gasteiger partial charge >= 0.3 is 5.97 Å². The van der Waals surface area contributed by atoms with Gasteiger partial charge < -0.3 is 20.4 Å². The quantitative estimate of drug-likeness (QED) is 0.427. The van der Waals surface area contributed by atoms with Crippen LogP contribution in [0.4, 0.5) is 0 Å². The second-order valence-electron chi connectivity index (χ2n) is 12.5. The maximum Gasteiger partial charge on any atom is 0.306 e. The highest BCUT2D eigenvalue weighted by Crippen LogP contribution is 2.67. The molecule has 3 aliphatic rings. The van der Waals surface area contributed by atoms with Crippen LogP contribution in [0, 0.1) is 52.3 Å². The summed E-state index contributed by atoms with van der Waals surface area (Å²) in [6.07, 6.45) is 5.71. The van der Waals surface area contributed by atoms with Crippen molar-refractivity contribution in [2.45, 2.75) is 111 Å². The molecule has 4 N–H and O–H groups in total. The molecule has 12 atom stereocenters. The first-order valence-electron chi connectivity index (χ1n) is 13.1. The van der Waals surface area contributed by atoms with Gasteiger partial charge in [0.25, 0.3) is 0 Å². The van der Waals surface area contributed by atoms with Gasteiger partial charge in [-0.1, -0.05) is 41.5 Å². The van der Waals surface area contributed by atoms with Gasteiger partial charge in [0.2, 0.25) is 0 Å². The molecular formula is C27H48O5. The van der Waals surface area contributed by atoms with Crippen LogP contribution in [0.3, 0.4) is 0 Å². The summed E-state index contributed by atoms with van der Waals surface area (Å²) < 4.78 is 0. The van der Waals surface area contributed by atoms with E-state index in [0.29, 0.717) is 12.8 Å². The van der Waals surface area contributed by atoms with Crippen LogP contribution in [0.2, 0.25) is 0 Å². The summed E-state index contributed by atoms with van der Waals surface area (Å²) in [5.74, 6) is 0.286. The van der Waals surface area contributed by atoms with Crippen LogP contribution in [0.1, 0.15) is 92.9 Å². The molecule has 3 unspecified atom stereocenters. The molecule has 0 amide bonds. The molecule has 0 spiro atoms. The zero-order chi connectivity index (χ0) is 24.0. The Bertz CT molecular complexity index is 666. The standard InChI is InChI=1S/C27H48O5/c1-7-18(28)10-11-26(5)14-17(4)24(30)23-20-9-8-19(15(2)12-16(3)25(31)32)27(20,6)22(29)13-21(23)26/h15-24,28-30H,7-14H2,1-6H3,(H,31,32)/t15-,16+,17-,18+,19-,20?,21?,22+,23?,24-,26+,27-/m1/s1. The summed E-state index contributed by atoms with van der Waals surface area (Å²) in [5.41, 5.74) is -0.260. The van der Waals surface area contributed by atoms with Crippen LogP contribution >= 0.6 is 0 Å². The van der Waals surface area contributed by atoms with Crippen molar-refractivity contribution in [2.75, 3.05) is 0 Å². The van der Waals surface area contributed by atoms with Crippen molar-refractivity contribution >= 4 is 5.97 Å². The lowest BCUT2D eigenvalue weighted by atomic mass is 9.45. The SMILES string of the molecule is CC[C@H](O)CC[C@@]1(C)C[C@@H](C)[C@@H](O)C2C1C[C@H](O)[C@@]1(C)C2CC[C@@H]1[C@H](C)C[C@H](C)C(=O)O. The largest absolute Gasteiger partial charge is 0.481 e. The van der Waals surface area contributed by atoms with E-state index in [4.69, 9.17) is 0 Å². The zero-order valence-corrected chi connectivity index (χ0v) is 21.1. The van der Waals surface area contributed by atoms with Crippen LogP contribution in [-0.4, -0.2) is 44.7 Å². The molecule has 3 aliphatic carbocycles. The Kier molecular flexibility index (Phi) is 7.74. The molecule has 32 heavy (non-hydrogen) atoms. The molecule has 0 aromatic rings. The maximum absolute atomic E-state index is 11.6. The lowest BCUT2D eigenvalue weighted by Crippen LogP contribution is -2.61. The lowest BCUT2D eigenvalue weighted by molar-refractivity contribution is -0.194. The van der Waals surface area contributed by atoms with Crippen molar-refractivity contribution in [1.29, 1.82) is 0 Å². The molecule has 3 saturated carbocycles. The van der Waals surface area contributed by atoms with Gasteiger partial charge in [-0.25, -0.2) is 0 Å². The third-order valence-corrected chi connectivity index (χ3v) is 10.5. The van der Waals surface area contributed by atoms with Crippen LogP contribution in [0.25, 0.3) is 0 Å². The number of fused-ring (bicyclic) bond motifs is 3. The first-order valence-corrected chi connectivity index (χ1v) is 13.1. The molecule has 0 aliphatic heterocycles. The minimum Gasteiger partial charge on any atom is -0.481 e. The van der Waals surface area contributed by atoms with E-state index in [-0.39, 0.29) is 64.5 Å². The molecule has 0 aromatic heterocycles.